The van der Waals surface area contributed by atoms with Crippen molar-refractivity contribution < 1.29 is 28.6 Å². The SMILES string of the molecule is CCCOc1cc(OCC(=O)OCC)ccc1C(=O)CN1Cc2cc(C(N)=S)ccc2C1=O. The maximum atomic E-state index is 13.1. The summed E-state index contributed by atoms with van der Waals surface area (Å²) in [5, 5.41) is 0. The molecule has 0 saturated heterocycles. The first-order valence-corrected chi connectivity index (χ1v) is 11.0. The second-order valence-corrected chi connectivity index (χ2v) is 7.86. The molecule has 0 aromatic heterocycles. The molecule has 0 radical (unpaired) electrons. The van der Waals surface area contributed by atoms with Crippen LogP contribution in [-0.4, -0.2) is 53.9 Å². The summed E-state index contributed by atoms with van der Waals surface area (Å²) in [4.78, 5) is 39.1. The molecule has 1 amide bonds. The number of fused-ring (bicyclic) bond motifs is 1. The number of thiocarbonyl (C=S) groups is 1. The molecule has 8 nitrogen and oxygen atoms in total. The van der Waals surface area contributed by atoms with Gasteiger partial charge < -0.3 is 24.8 Å². The number of esters is 1. The number of rotatable bonds is 11. The number of ether oxygens (including phenoxy) is 3. The van der Waals surface area contributed by atoms with Crippen molar-refractivity contribution in [3.8, 4) is 11.5 Å². The van der Waals surface area contributed by atoms with E-state index in [1.165, 1.54) is 4.90 Å². The lowest BCUT2D eigenvalue weighted by Crippen LogP contribution is -2.30. The first kappa shape index (κ1) is 24.2. The Bertz CT molecular complexity index is 1080. The minimum absolute atomic E-state index is 0.110. The Kier molecular flexibility index (Phi) is 8.00. The van der Waals surface area contributed by atoms with E-state index in [4.69, 9.17) is 32.2 Å². The van der Waals surface area contributed by atoms with Gasteiger partial charge in [-0.05, 0) is 43.2 Å². The Hall–Kier alpha value is -3.46. The van der Waals surface area contributed by atoms with Crippen LogP contribution in [0.25, 0.3) is 0 Å². The lowest BCUT2D eigenvalue weighted by molar-refractivity contribution is -0.145. The van der Waals surface area contributed by atoms with Gasteiger partial charge in [0.1, 0.15) is 16.5 Å². The van der Waals surface area contributed by atoms with Gasteiger partial charge in [-0.2, -0.15) is 0 Å². The molecule has 33 heavy (non-hydrogen) atoms. The van der Waals surface area contributed by atoms with Crippen LogP contribution in [0.15, 0.2) is 36.4 Å². The summed E-state index contributed by atoms with van der Waals surface area (Å²) in [6.07, 6.45) is 0.743. The Labute approximate surface area is 197 Å². The van der Waals surface area contributed by atoms with Crippen molar-refractivity contribution in [1.29, 1.82) is 0 Å². The van der Waals surface area contributed by atoms with Crippen LogP contribution in [0.1, 0.15) is 52.1 Å². The number of carbonyl (C=O) groups excluding carboxylic acids is 3. The third kappa shape index (κ3) is 5.87. The third-order valence-electron chi connectivity index (χ3n) is 4.98. The van der Waals surface area contributed by atoms with Crippen molar-refractivity contribution in [2.24, 2.45) is 5.73 Å². The van der Waals surface area contributed by atoms with Gasteiger partial charge in [-0.3, -0.25) is 9.59 Å². The number of amides is 1. The van der Waals surface area contributed by atoms with Crippen LogP contribution in [0.2, 0.25) is 0 Å². The molecular formula is C24H26N2O6S. The number of nitrogens with two attached hydrogens (primary N) is 1. The van der Waals surface area contributed by atoms with Crippen LogP contribution in [-0.2, 0) is 16.1 Å². The summed E-state index contributed by atoms with van der Waals surface area (Å²) in [5.74, 6) is -0.268. The van der Waals surface area contributed by atoms with E-state index in [0.717, 1.165) is 12.0 Å². The molecule has 0 bridgehead atoms. The topological polar surface area (TPSA) is 108 Å². The Morgan fingerprint density at radius 1 is 1.12 bits per heavy atom. The average molecular weight is 471 g/mol. The first-order chi connectivity index (χ1) is 15.8. The van der Waals surface area contributed by atoms with Crippen molar-refractivity contribution in [2.45, 2.75) is 26.8 Å². The minimum Gasteiger partial charge on any atom is -0.493 e. The molecule has 3 rings (SSSR count). The van der Waals surface area contributed by atoms with Gasteiger partial charge in [0.05, 0.1) is 25.3 Å². The number of hydrogen-bond donors (Lipinski definition) is 1. The molecule has 0 unspecified atom stereocenters. The summed E-state index contributed by atoms with van der Waals surface area (Å²) in [7, 11) is 0. The molecule has 1 aliphatic heterocycles. The normalized spacial score (nSPS) is 12.3. The van der Waals surface area contributed by atoms with Crippen LogP contribution in [0, 0.1) is 0 Å². The zero-order chi connectivity index (χ0) is 24.0. The monoisotopic (exact) mass is 470 g/mol. The van der Waals surface area contributed by atoms with E-state index in [1.54, 1.807) is 43.3 Å². The summed E-state index contributed by atoms with van der Waals surface area (Å²) in [6, 6.07) is 9.90. The molecule has 1 aliphatic rings. The van der Waals surface area contributed by atoms with Gasteiger partial charge in [-0.15, -0.1) is 0 Å². The zero-order valence-electron chi connectivity index (χ0n) is 18.6. The van der Waals surface area contributed by atoms with E-state index in [-0.39, 0.29) is 36.4 Å². The molecule has 0 spiro atoms. The van der Waals surface area contributed by atoms with Gasteiger partial charge >= 0.3 is 5.97 Å². The maximum Gasteiger partial charge on any atom is 0.344 e. The van der Waals surface area contributed by atoms with Crippen molar-refractivity contribution >= 4 is 34.9 Å². The lowest BCUT2D eigenvalue weighted by atomic mass is 10.1. The zero-order valence-corrected chi connectivity index (χ0v) is 19.4. The van der Waals surface area contributed by atoms with E-state index in [1.807, 2.05) is 6.92 Å². The quantitative estimate of drug-likeness (QED) is 0.303. The fraction of sp³-hybridized carbons (Fsp3) is 0.333. The average Bonchev–Trinajstić information content (AvgIpc) is 3.10. The lowest BCUT2D eigenvalue weighted by Gasteiger charge is -2.17. The second-order valence-electron chi connectivity index (χ2n) is 7.42. The molecule has 2 N–H and O–H groups in total. The van der Waals surface area contributed by atoms with Gasteiger partial charge in [-0.1, -0.05) is 25.2 Å². The Morgan fingerprint density at radius 3 is 2.61 bits per heavy atom. The number of hydrogen-bond acceptors (Lipinski definition) is 7. The summed E-state index contributed by atoms with van der Waals surface area (Å²) >= 11 is 5.01. The fourth-order valence-corrected chi connectivity index (χ4v) is 3.55. The van der Waals surface area contributed by atoms with E-state index in [2.05, 4.69) is 0 Å². The smallest absolute Gasteiger partial charge is 0.344 e. The molecule has 2 aromatic carbocycles. The highest BCUT2D eigenvalue weighted by Crippen LogP contribution is 2.28. The van der Waals surface area contributed by atoms with E-state index >= 15 is 0 Å². The molecule has 0 aliphatic carbocycles. The highest BCUT2D eigenvalue weighted by Gasteiger charge is 2.30. The number of carbonyl (C=O) groups is 3. The Balaban J connectivity index is 1.74. The van der Waals surface area contributed by atoms with E-state index < -0.39 is 5.97 Å². The molecule has 2 aromatic rings. The van der Waals surface area contributed by atoms with Crippen molar-refractivity contribution in [1.82, 2.24) is 4.90 Å². The molecule has 9 heteroatoms. The van der Waals surface area contributed by atoms with Crippen molar-refractivity contribution in [3.05, 3.63) is 58.7 Å². The summed E-state index contributed by atoms with van der Waals surface area (Å²) < 4.78 is 16.0. The molecule has 0 atom stereocenters. The summed E-state index contributed by atoms with van der Waals surface area (Å²) in [6.45, 7) is 4.26. The highest BCUT2D eigenvalue weighted by molar-refractivity contribution is 7.80. The van der Waals surface area contributed by atoms with Gasteiger partial charge in [-0.25, -0.2) is 4.79 Å². The number of Topliss-reactive ketones (excluding diaryl/α,β-unsaturated/α-hetero) is 1. The predicted octanol–water partition coefficient (Wildman–Crippen LogP) is 2.89. The van der Waals surface area contributed by atoms with Gasteiger partial charge in [0.15, 0.2) is 12.4 Å². The molecular weight excluding hydrogens is 444 g/mol. The molecule has 0 fully saturated rings. The number of ketones is 1. The predicted molar refractivity (Wildman–Crippen MR) is 126 cm³/mol. The maximum absolute atomic E-state index is 13.1. The largest absolute Gasteiger partial charge is 0.493 e. The van der Waals surface area contributed by atoms with E-state index in [9.17, 15) is 14.4 Å². The van der Waals surface area contributed by atoms with Crippen LogP contribution in [0.3, 0.4) is 0 Å². The number of benzene rings is 2. The minimum atomic E-state index is -0.487. The van der Waals surface area contributed by atoms with Crippen LogP contribution in [0.5, 0.6) is 11.5 Å². The highest BCUT2D eigenvalue weighted by atomic mass is 32.1. The van der Waals surface area contributed by atoms with Gasteiger partial charge in [0, 0.05) is 23.7 Å². The third-order valence-corrected chi connectivity index (χ3v) is 5.22. The summed E-state index contributed by atoms with van der Waals surface area (Å²) in [5.41, 5.74) is 8.01. The standard InChI is InChI=1S/C24H26N2O6S/c1-3-9-31-21-11-17(32-14-22(28)30-4-2)6-8-19(21)20(27)13-26-12-16-10-15(23(25)33)5-7-18(16)24(26)29/h5-8,10-11H,3-4,9,12-14H2,1-2H3,(H2,25,33). The molecule has 0 saturated carbocycles. The molecule has 1 heterocycles. The van der Waals surface area contributed by atoms with Crippen molar-refractivity contribution in [3.63, 3.8) is 0 Å². The second kappa shape index (κ2) is 10.9. The Morgan fingerprint density at radius 2 is 1.91 bits per heavy atom. The fourth-order valence-electron chi connectivity index (χ4n) is 3.42. The van der Waals surface area contributed by atoms with Crippen LogP contribution < -0.4 is 15.2 Å². The van der Waals surface area contributed by atoms with Crippen LogP contribution >= 0.6 is 12.2 Å². The van der Waals surface area contributed by atoms with Gasteiger partial charge in [0.2, 0.25) is 0 Å². The van der Waals surface area contributed by atoms with Gasteiger partial charge in [0.25, 0.3) is 5.91 Å². The molecule has 174 valence electrons. The van der Waals surface area contributed by atoms with Crippen molar-refractivity contribution in [2.75, 3.05) is 26.4 Å². The van der Waals surface area contributed by atoms with Crippen LogP contribution in [0.4, 0.5) is 0 Å². The first-order valence-electron chi connectivity index (χ1n) is 10.6. The number of nitrogens with zero attached hydrogens (tertiary/aromatic N) is 1. The van der Waals surface area contributed by atoms with E-state index in [0.29, 0.717) is 41.3 Å².